The molecule has 3 aromatic rings. The Kier molecular flexibility index (Phi) is 3.75. The SMILES string of the molecule is O=c1[nH][nH]c(-c2ccncc2)c1N=Nc1cccc([N+](=O)[O-])c1. The van der Waals surface area contributed by atoms with E-state index in [1.54, 1.807) is 30.6 Å². The summed E-state index contributed by atoms with van der Waals surface area (Å²) in [5.74, 6) is 0. The molecule has 2 heterocycles. The van der Waals surface area contributed by atoms with E-state index in [4.69, 9.17) is 0 Å². The molecule has 0 atom stereocenters. The highest BCUT2D eigenvalue weighted by Gasteiger charge is 2.11. The first-order valence-electron chi connectivity index (χ1n) is 6.52. The van der Waals surface area contributed by atoms with Crippen molar-refractivity contribution in [2.45, 2.75) is 0 Å². The molecule has 0 aliphatic carbocycles. The Morgan fingerprint density at radius 2 is 1.87 bits per heavy atom. The van der Waals surface area contributed by atoms with Gasteiger partial charge in [0.1, 0.15) is 0 Å². The quantitative estimate of drug-likeness (QED) is 0.435. The van der Waals surface area contributed by atoms with Gasteiger partial charge >= 0.3 is 0 Å². The first-order valence-corrected chi connectivity index (χ1v) is 6.52. The maximum absolute atomic E-state index is 11.8. The lowest BCUT2D eigenvalue weighted by atomic mass is 10.2. The predicted molar refractivity (Wildman–Crippen MR) is 81.9 cm³/mol. The molecule has 2 aromatic heterocycles. The van der Waals surface area contributed by atoms with Crippen molar-refractivity contribution in [3.05, 3.63) is 69.3 Å². The van der Waals surface area contributed by atoms with Gasteiger partial charge in [-0.1, -0.05) is 6.07 Å². The van der Waals surface area contributed by atoms with Gasteiger partial charge < -0.3 is 0 Å². The van der Waals surface area contributed by atoms with Crippen LogP contribution in [0, 0.1) is 10.1 Å². The maximum atomic E-state index is 11.8. The Balaban J connectivity index is 1.98. The van der Waals surface area contributed by atoms with Crippen molar-refractivity contribution in [2.75, 3.05) is 0 Å². The second-order valence-electron chi connectivity index (χ2n) is 4.52. The summed E-state index contributed by atoms with van der Waals surface area (Å²) >= 11 is 0. The molecule has 9 nitrogen and oxygen atoms in total. The molecule has 0 spiro atoms. The molecule has 3 rings (SSSR count). The zero-order chi connectivity index (χ0) is 16.2. The van der Waals surface area contributed by atoms with E-state index in [0.29, 0.717) is 11.3 Å². The number of rotatable bonds is 4. The van der Waals surface area contributed by atoms with Crippen molar-refractivity contribution in [1.29, 1.82) is 0 Å². The third kappa shape index (κ3) is 3.02. The molecule has 0 radical (unpaired) electrons. The number of non-ortho nitro benzene ring substituents is 1. The van der Waals surface area contributed by atoms with E-state index in [-0.39, 0.29) is 17.1 Å². The minimum absolute atomic E-state index is 0.0858. The van der Waals surface area contributed by atoms with E-state index >= 15 is 0 Å². The van der Waals surface area contributed by atoms with E-state index in [1.807, 2.05) is 0 Å². The van der Waals surface area contributed by atoms with Crippen LogP contribution in [-0.4, -0.2) is 20.1 Å². The number of H-pyrrole nitrogens is 2. The molecule has 0 amide bonds. The smallest absolute Gasteiger partial charge is 0.292 e. The van der Waals surface area contributed by atoms with E-state index in [2.05, 4.69) is 25.4 Å². The number of aromatic amines is 2. The highest BCUT2D eigenvalue weighted by molar-refractivity contribution is 5.70. The van der Waals surface area contributed by atoms with Gasteiger partial charge in [-0.25, -0.2) is 0 Å². The molecular formula is C14H10N6O3. The van der Waals surface area contributed by atoms with Crippen LogP contribution in [-0.2, 0) is 0 Å². The van der Waals surface area contributed by atoms with Crippen molar-refractivity contribution in [3.63, 3.8) is 0 Å². The topological polar surface area (TPSA) is 129 Å². The Morgan fingerprint density at radius 1 is 1.09 bits per heavy atom. The summed E-state index contributed by atoms with van der Waals surface area (Å²) in [5.41, 5.74) is 1.01. The van der Waals surface area contributed by atoms with Crippen LogP contribution in [0.1, 0.15) is 0 Å². The number of azo groups is 1. The Bertz CT molecular complexity index is 929. The summed E-state index contributed by atoms with van der Waals surface area (Å²) in [5, 5.41) is 23.7. The molecule has 0 saturated heterocycles. The van der Waals surface area contributed by atoms with Crippen molar-refractivity contribution >= 4 is 17.1 Å². The number of nitrogens with zero attached hydrogens (tertiary/aromatic N) is 4. The van der Waals surface area contributed by atoms with Gasteiger partial charge in [-0.2, -0.15) is 5.11 Å². The molecule has 0 fully saturated rings. The van der Waals surface area contributed by atoms with E-state index in [0.717, 1.165) is 0 Å². The molecule has 0 bridgehead atoms. The Hall–Kier alpha value is -3.62. The lowest BCUT2D eigenvalue weighted by Crippen LogP contribution is -1.96. The summed E-state index contributed by atoms with van der Waals surface area (Å²) in [6.07, 6.45) is 3.17. The van der Waals surface area contributed by atoms with Crippen LogP contribution in [0.25, 0.3) is 11.3 Å². The molecule has 23 heavy (non-hydrogen) atoms. The number of nitrogens with one attached hydrogen (secondary N) is 2. The molecule has 0 saturated carbocycles. The molecule has 0 aliphatic heterocycles. The number of pyridine rings is 1. The zero-order valence-corrected chi connectivity index (χ0v) is 11.6. The highest BCUT2D eigenvalue weighted by atomic mass is 16.6. The molecular weight excluding hydrogens is 300 g/mol. The van der Waals surface area contributed by atoms with Gasteiger partial charge in [0, 0.05) is 30.1 Å². The Morgan fingerprint density at radius 3 is 2.61 bits per heavy atom. The summed E-state index contributed by atoms with van der Waals surface area (Å²) in [4.78, 5) is 26.0. The molecule has 0 aliphatic rings. The molecule has 9 heteroatoms. The fourth-order valence-electron chi connectivity index (χ4n) is 1.95. The van der Waals surface area contributed by atoms with Gasteiger partial charge in [-0.15, -0.1) is 5.11 Å². The van der Waals surface area contributed by atoms with E-state index < -0.39 is 10.5 Å². The van der Waals surface area contributed by atoms with Crippen molar-refractivity contribution < 1.29 is 4.92 Å². The largest absolute Gasteiger partial charge is 0.295 e. The van der Waals surface area contributed by atoms with Crippen molar-refractivity contribution in [2.24, 2.45) is 10.2 Å². The monoisotopic (exact) mass is 310 g/mol. The number of nitro groups is 1. The first kappa shape index (κ1) is 14.3. The van der Waals surface area contributed by atoms with Crippen LogP contribution in [0.15, 0.2) is 63.8 Å². The van der Waals surface area contributed by atoms with Crippen LogP contribution in [0.4, 0.5) is 17.1 Å². The second-order valence-corrected chi connectivity index (χ2v) is 4.52. The number of hydrogen-bond acceptors (Lipinski definition) is 6. The van der Waals surface area contributed by atoms with Gasteiger partial charge in [-0.3, -0.25) is 30.1 Å². The summed E-state index contributed by atoms with van der Waals surface area (Å²) in [6, 6.07) is 9.11. The predicted octanol–water partition coefficient (Wildman–Crippen LogP) is 3.09. The minimum Gasteiger partial charge on any atom is -0.295 e. The highest BCUT2D eigenvalue weighted by Crippen LogP contribution is 2.26. The van der Waals surface area contributed by atoms with Crippen molar-refractivity contribution in [3.8, 4) is 11.3 Å². The van der Waals surface area contributed by atoms with Crippen LogP contribution >= 0.6 is 0 Å². The minimum atomic E-state index is -0.523. The zero-order valence-electron chi connectivity index (χ0n) is 11.6. The fraction of sp³-hybridized carbons (Fsp3) is 0. The van der Waals surface area contributed by atoms with Crippen LogP contribution < -0.4 is 5.56 Å². The van der Waals surface area contributed by atoms with Gasteiger partial charge in [-0.05, 0) is 18.2 Å². The standard InChI is InChI=1S/C14H10N6O3/c21-14-13(12(17-19-14)9-4-6-15-7-5-9)18-16-10-2-1-3-11(8-10)20(22)23/h1-8H,(H2,17,19,21). The molecule has 114 valence electrons. The number of benzene rings is 1. The molecule has 0 unspecified atom stereocenters. The fourth-order valence-corrected chi connectivity index (χ4v) is 1.95. The van der Waals surface area contributed by atoms with Crippen LogP contribution in [0.3, 0.4) is 0 Å². The van der Waals surface area contributed by atoms with E-state index in [9.17, 15) is 14.9 Å². The second kappa shape index (κ2) is 6.02. The number of nitro benzene ring substituents is 1. The number of aromatic nitrogens is 3. The molecule has 2 N–H and O–H groups in total. The van der Waals surface area contributed by atoms with Gasteiger partial charge in [0.2, 0.25) is 0 Å². The van der Waals surface area contributed by atoms with E-state index in [1.165, 1.54) is 18.2 Å². The van der Waals surface area contributed by atoms with Gasteiger partial charge in [0.25, 0.3) is 11.2 Å². The average molecular weight is 310 g/mol. The third-order valence-electron chi connectivity index (χ3n) is 3.03. The lowest BCUT2D eigenvalue weighted by Gasteiger charge is -1.97. The maximum Gasteiger partial charge on any atom is 0.292 e. The summed E-state index contributed by atoms with van der Waals surface area (Å²) < 4.78 is 0. The Labute approximate surface area is 128 Å². The average Bonchev–Trinajstić information content (AvgIpc) is 2.95. The molecule has 1 aromatic carbocycles. The van der Waals surface area contributed by atoms with Gasteiger partial charge in [0.05, 0.1) is 16.3 Å². The van der Waals surface area contributed by atoms with Crippen LogP contribution in [0.5, 0.6) is 0 Å². The number of hydrogen-bond donors (Lipinski definition) is 2. The summed E-state index contributed by atoms with van der Waals surface area (Å²) in [6.45, 7) is 0. The first-order chi connectivity index (χ1) is 11.1. The van der Waals surface area contributed by atoms with Gasteiger partial charge in [0.15, 0.2) is 5.69 Å². The summed E-state index contributed by atoms with van der Waals surface area (Å²) in [7, 11) is 0. The third-order valence-corrected chi connectivity index (χ3v) is 3.03. The van der Waals surface area contributed by atoms with Crippen molar-refractivity contribution in [1.82, 2.24) is 15.2 Å². The normalized spacial score (nSPS) is 11.0. The lowest BCUT2D eigenvalue weighted by molar-refractivity contribution is -0.384. The van der Waals surface area contributed by atoms with Crippen LogP contribution in [0.2, 0.25) is 0 Å².